The predicted molar refractivity (Wildman–Crippen MR) is 102 cm³/mol. The maximum absolute atomic E-state index is 12.2. The SMILES string of the molecule is CNC(=O)c1ccc(CNC(=O)NCC2(c3ccccc3)CCC2)cc1. The van der Waals surface area contributed by atoms with Crippen molar-refractivity contribution in [1.29, 1.82) is 0 Å². The molecule has 0 saturated heterocycles. The van der Waals surface area contributed by atoms with Crippen LogP contribution in [0.5, 0.6) is 0 Å². The summed E-state index contributed by atoms with van der Waals surface area (Å²) in [6.07, 6.45) is 3.42. The number of hydrogen-bond donors (Lipinski definition) is 3. The standard InChI is InChI=1S/C21H25N3O2/c1-22-19(25)17-10-8-16(9-11-17)14-23-20(26)24-15-21(12-5-13-21)18-6-3-2-4-7-18/h2-4,6-11H,5,12-15H2,1H3,(H,22,25)(H2,23,24,26). The van der Waals surface area contributed by atoms with Crippen LogP contribution in [0.3, 0.4) is 0 Å². The van der Waals surface area contributed by atoms with Crippen molar-refractivity contribution in [2.24, 2.45) is 0 Å². The van der Waals surface area contributed by atoms with E-state index in [1.165, 1.54) is 12.0 Å². The second-order valence-corrected chi connectivity index (χ2v) is 6.81. The zero-order valence-corrected chi connectivity index (χ0v) is 15.0. The summed E-state index contributed by atoms with van der Waals surface area (Å²) < 4.78 is 0. The lowest BCUT2D eigenvalue weighted by molar-refractivity contribution is 0.0963. The molecule has 0 atom stereocenters. The van der Waals surface area contributed by atoms with Crippen LogP contribution in [-0.4, -0.2) is 25.5 Å². The van der Waals surface area contributed by atoms with Gasteiger partial charge in [-0.05, 0) is 36.1 Å². The molecule has 5 heteroatoms. The Balaban J connectivity index is 1.49. The van der Waals surface area contributed by atoms with E-state index < -0.39 is 0 Å². The third kappa shape index (κ3) is 4.04. The zero-order valence-electron chi connectivity index (χ0n) is 15.0. The fourth-order valence-corrected chi connectivity index (χ4v) is 3.38. The Labute approximate surface area is 154 Å². The quantitative estimate of drug-likeness (QED) is 0.749. The van der Waals surface area contributed by atoms with Gasteiger partial charge in [0.2, 0.25) is 0 Å². The highest BCUT2D eigenvalue weighted by Crippen LogP contribution is 2.43. The van der Waals surface area contributed by atoms with Gasteiger partial charge in [0.15, 0.2) is 0 Å². The van der Waals surface area contributed by atoms with E-state index in [0.717, 1.165) is 18.4 Å². The van der Waals surface area contributed by atoms with Crippen molar-refractivity contribution in [1.82, 2.24) is 16.0 Å². The van der Waals surface area contributed by atoms with Gasteiger partial charge in [0.25, 0.3) is 5.91 Å². The lowest BCUT2D eigenvalue weighted by Crippen LogP contribution is -2.48. The van der Waals surface area contributed by atoms with Gasteiger partial charge in [-0.2, -0.15) is 0 Å². The first-order valence-corrected chi connectivity index (χ1v) is 9.01. The average Bonchev–Trinajstić information content (AvgIpc) is 2.66. The van der Waals surface area contributed by atoms with Crippen molar-refractivity contribution in [3.8, 4) is 0 Å². The predicted octanol–water partition coefficient (Wildman–Crippen LogP) is 2.97. The molecule has 0 unspecified atom stereocenters. The van der Waals surface area contributed by atoms with E-state index in [9.17, 15) is 9.59 Å². The summed E-state index contributed by atoms with van der Waals surface area (Å²) in [4.78, 5) is 23.7. The first-order chi connectivity index (χ1) is 12.6. The van der Waals surface area contributed by atoms with E-state index in [1.807, 2.05) is 18.2 Å². The number of urea groups is 1. The van der Waals surface area contributed by atoms with Crippen molar-refractivity contribution >= 4 is 11.9 Å². The number of carbonyl (C=O) groups excluding carboxylic acids is 2. The van der Waals surface area contributed by atoms with Gasteiger partial charge in [-0.15, -0.1) is 0 Å². The molecule has 3 amide bonds. The molecule has 1 saturated carbocycles. The van der Waals surface area contributed by atoms with E-state index >= 15 is 0 Å². The molecule has 2 aromatic rings. The van der Waals surface area contributed by atoms with E-state index in [4.69, 9.17) is 0 Å². The molecule has 0 radical (unpaired) electrons. The van der Waals surface area contributed by atoms with E-state index in [1.54, 1.807) is 19.2 Å². The molecular formula is C21H25N3O2. The molecule has 0 aromatic heterocycles. The summed E-state index contributed by atoms with van der Waals surface area (Å²) in [6, 6.07) is 17.5. The zero-order chi connectivity index (χ0) is 18.4. The van der Waals surface area contributed by atoms with Crippen molar-refractivity contribution in [3.05, 3.63) is 71.3 Å². The Bertz CT molecular complexity index is 753. The Kier molecular flexibility index (Phi) is 5.56. The molecule has 1 fully saturated rings. The molecule has 0 bridgehead atoms. The molecular weight excluding hydrogens is 326 g/mol. The number of carbonyl (C=O) groups is 2. The first-order valence-electron chi connectivity index (χ1n) is 9.01. The summed E-state index contributed by atoms with van der Waals surface area (Å²) in [7, 11) is 1.60. The van der Waals surface area contributed by atoms with Gasteiger partial charge >= 0.3 is 6.03 Å². The molecule has 1 aliphatic rings. The second-order valence-electron chi connectivity index (χ2n) is 6.81. The smallest absolute Gasteiger partial charge is 0.315 e. The highest BCUT2D eigenvalue weighted by molar-refractivity contribution is 5.93. The molecule has 5 nitrogen and oxygen atoms in total. The first kappa shape index (κ1) is 18.0. The maximum atomic E-state index is 12.2. The normalized spacial score (nSPS) is 14.8. The van der Waals surface area contributed by atoms with Crippen LogP contribution in [0, 0.1) is 0 Å². The third-order valence-corrected chi connectivity index (χ3v) is 5.18. The van der Waals surface area contributed by atoms with Crippen LogP contribution in [0.25, 0.3) is 0 Å². The van der Waals surface area contributed by atoms with Gasteiger partial charge in [0, 0.05) is 31.1 Å². The number of amides is 3. The minimum absolute atomic E-state index is 0.0771. The van der Waals surface area contributed by atoms with E-state index in [0.29, 0.717) is 18.7 Å². The van der Waals surface area contributed by atoms with E-state index in [-0.39, 0.29) is 17.4 Å². The summed E-state index contributed by atoms with van der Waals surface area (Å²) >= 11 is 0. The molecule has 0 spiro atoms. The van der Waals surface area contributed by atoms with Crippen LogP contribution in [-0.2, 0) is 12.0 Å². The van der Waals surface area contributed by atoms with Crippen molar-refractivity contribution in [2.75, 3.05) is 13.6 Å². The van der Waals surface area contributed by atoms with Gasteiger partial charge in [-0.3, -0.25) is 4.79 Å². The summed E-state index contributed by atoms with van der Waals surface area (Å²) in [5.74, 6) is -0.117. The molecule has 136 valence electrons. The van der Waals surface area contributed by atoms with Crippen molar-refractivity contribution in [2.45, 2.75) is 31.2 Å². The lowest BCUT2D eigenvalue weighted by Gasteiger charge is -2.42. The Morgan fingerprint density at radius 1 is 0.962 bits per heavy atom. The largest absolute Gasteiger partial charge is 0.355 e. The maximum Gasteiger partial charge on any atom is 0.315 e. The van der Waals surface area contributed by atoms with Crippen molar-refractivity contribution in [3.63, 3.8) is 0 Å². The molecule has 3 N–H and O–H groups in total. The average molecular weight is 351 g/mol. The second kappa shape index (κ2) is 8.04. The minimum Gasteiger partial charge on any atom is -0.355 e. The Hall–Kier alpha value is -2.82. The molecule has 1 aliphatic carbocycles. The van der Waals surface area contributed by atoms with Crippen LogP contribution in [0.15, 0.2) is 54.6 Å². The fraction of sp³-hybridized carbons (Fsp3) is 0.333. The molecule has 26 heavy (non-hydrogen) atoms. The number of nitrogens with one attached hydrogen (secondary N) is 3. The fourth-order valence-electron chi connectivity index (χ4n) is 3.38. The monoisotopic (exact) mass is 351 g/mol. The number of rotatable bonds is 6. The topological polar surface area (TPSA) is 70.2 Å². The lowest BCUT2D eigenvalue weighted by atomic mass is 9.64. The summed E-state index contributed by atoms with van der Waals surface area (Å²) in [5, 5.41) is 8.49. The van der Waals surface area contributed by atoms with Crippen LogP contribution >= 0.6 is 0 Å². The van der Waals surface area contributed by atoms with Crippen LogP contribution in [0.4, 0.5) is 4.79 Å². The minimum atomic E-state index is -0.164. The Morgan fingerprint density at radius 2 is 1.65 bits per heavy atom. The van der Waals surface area contributed by atoms with E-state index in [2.05, 4.69) is 40.2 Å². The Morgan fingerprint density at radius 3 is 2.23 bits per heavy atom. The molecule has 3 rings (SSSR count). The van der Waals surface area contributed by atoms with Crippen LogP contribution in [0.1, 0.15) is 40.7 Å². The van der Waals surface area contributed by atoms with Crippen molar-refractivity contribution < 1.29 is 9.59 Å². The molecule has 0 aliphatic heterocycles. The number of benzene rings is 2. The third-order valence-electron chi connectivity index (χ3n) is 5.18. The highest BCUT2D eigenvalue weighted by atomic mass is 16.2. The summed E-state index contributed by atoms with van der Waals surface area (Å²) in [6.45, 7) is 1.08. The van der Waals surface area contributed by atoms with Gasteiger partial charge in [-0.1, -0.05) is 48.9 Å². The summed E-state index contributed by atoms with van der Waals surface area (Å²) in [5.41, 5.74) is 2.94. The van der Waals surface area contributed by atoms with Gasteiger partial charge in [0.1, 0.15) is 0 Å². The van der Waals surface area contributed by atoms with Gasteiger partial charge < -0.3 is 16.0 Å². The van der Waals surface area contributed by atoms with Gasteiger partial charge in [0.05, 0.1) is 0 Å². The molecule has 2 aromatic carbocycles. The van der Waals surface area contributed by atoms with Gasteiger partial charge in [-0.25, -0.2) is 4.79 Å². The molecule has 0 heterocycles. The number of hydrogen-bond acceptors (Lipinski definition) is 2. The van der Waals surface area contributed by atoms with Crippen LogP contribution < -0.4 is 16.0 Å². The highest BCUT2D eigenvalue weighted by Gasteiger charge is 2.38. The van der Waals surface area contributed by atoms with Crippen LogP contribution in [0.2, 0.25) is 0 Å².